The van der Waals surface area contributed by atoms with Gasteiger partial charge in [-0.2, -0.15) is 0 Å². The third-order valence-corrected chi connectivity index (χ3v) is 3.48. The summed E-state index contributed by atoms with van der Waals surface area (Å²) in [5.41, 5.74) is 2.15. The highest BCUT2D eigenvalue weighted by atomic mass is 16.1. The number of hydrogen-bond donors (Lipinski definition) is 0. The van der Waals surface area contributed by atoms with Gasteiger partial charge < -0.3 is 0 Å². The average Bonchev–Trinajstić information content (AvgIpc) is 2.38. The number of ketones is 1. The fourth-order valence-corrected chi connectivity index (χ4v) is 2.39. The Balaban J connectivity index is 2.90. The second-order valence-corrected chi connectivity index (χ2v) is 5.42. The van der Waals surface area contributed by atoms with Gasteiger partial charge in [-0.15, -0.1) is 0 Å². The molecule has 1 aromatic carbocycles. The zero-order valence-corrected chi connectivity index (χ0v) is 12.2. The quantitative estimate of drug-likeness (QED) is 0.604. The lowest BCUT2D eigenvalue weighted by Gasteiger charge is -2.15. The topological polar surface area (TPSA) is 17.1 Å². The molecule has 0 aliphatic carbocycles. The van der Waals surface area contributed by atoms with E-state index in [2.05, 4.69) is 39.8 Å². The molecule has 1 nitrogen and oxygen atoms in total. The van der Waals surface area contributed by atoms with E-state index in [1.165, 1.54) is 5.56 Å². The van der Waals surface area contributed by atoms with Gasteiger partial charge in [0.15, 0.2) is 5.78 Å². The zero-order valence-electron chi connectivity index (χ0n) is 12.2. The van der Waals surface area contributed by atoms with Crippen molar-refractivity contribution in [2.75, 3.05) is 0 Å². The normalized spacial score (nSPS) is 11.2. The first-order valence-corrected chi connectivity index (χ1v) is 7.24. The van der Waals surface area contributed by atoms with Gasteiger partial charge in [-0.25, -0.2) is 0 Å². The van der Waals surface area contributed by atoms with Gasteiger partial charge in [0.2, 0.25) is 0 Å². The molecule has 0 saturated heterocycles. The summed E-state index contributed by atoms with van der Waals surface area (Å²) in [5, 5.41) is 0. The molecule has 1 rings (SSSR count). The van der Waals surface area contributed by atoms with Crippen molar-refractivity contribution in [3.8, 4) is 0 Å². The molecule has 0 spiro atoms. The number of hydrogen-bond acceptors (Lipinski definition) is 1. The molecular formula is C17H26O. The highest BCUT2D eigenvalue weighted by Gasteiger charge is 2.18. The van der Waals surface area contributed by atoms with Crippen molar-refractivity contribution in [1.82, 2.24) is 0 Å². The number of Topliss-reactive ketones (excluding diaryl/α,β-unsaturated/α-hetero) is 1. The number of carbonyl (C=O) groups excluding carboxylic acids is 1. The largest absolute Gasteiger partial charge is 0.294 e. The Morgan fingerprint density at radius 2 is 1.72 bits per heavy atom. The van der Waals surface area contributed by atoms with Gasteiger partial charge in [0.1, 0.15) is 0 Å². The van der Waals surface area contributed by atoms with Crippen LogP contribution in [0.1, 0.15) is 75.2 Å². The van der Waals surface area contributed by atoms with Gasteiger partial charge >= 0.3 is 0 Å². The summed E-state index contributed by atoms with van der Waals surface area (Å²) in [5.74, 6) is 1.03. The van der Waals surface area contributed by atoms with Crippen LogP contribution in [-0.2, 0) is 0 Å². The SMILES string of the molecule is CCCC(CCC)C(=O)c1cccc(C(C)C)c1. The highest BCUT2D eigenvalue weighted by molar-refractivity contribution is 5.98. The van der Waals surface area contributed by atoms with Crippen molar-refractivity contribution in [3.05, 3.63) is 35.4 Å². The summed E-state index contributed by atoms with van der Waals surface area (Å²) < 4.78 is 0. The molecule has 0 bridgehead atoms. The minimum Gasteiger partial charge on any atom is -0.294 e. The Hall–Kier alpha value is -1.11. The molecule has 0 radical (unpaired) electrons. The van der Waals surface area contributed by atoms with Crippen LogP contribution in [0.5, 0.6) is 0 Å². The first kappa shape index (κ1) is 14.9. The summed E-state index contributed by atoms with van der Waals surface area (Å²) in [4.78, 5) is 12.5. The van der Waals surface area contributed by atoms with Crippen LogP contribution in [0, 0.1) is 5.92 Å². The minimum atomic E-state index is 0.211. The lowest BCUT2D eigenvalue weighted by atomic mass is 9.88. The summed E-state index contributed by atoms with van der Waals surface area (Å²) in [7, 11) is 0. The Morgan fingerprint density at radius 1 is 1.11 bits per heavy atom. The maximum Gasteiger partial charge on any atom is 0.165 e. The van der Waals surface area contributed by atoms with Crippen LogP contribution in [0.25, 0.3) is 0 Å². The van der Waals surface area contributed by atoms with Crippen LogP contribution in [0.15, 0.2) is 24.3 Å². The Morgan fingerprint density at radius 3 is 2.22 bits per heavy atom. The molecule has 0 heterocycles. The Labute approximate surface area is 112 Å². The molecule has 0 aliphatic rings. The van der Waals surface area contributed by atoms with Crippen LogP contribution >= 0.6 is 0 Å². The predicted octanol–water partition coefficient (Wildman–Crippen LogP) is 5.21. The van der Waals surface area contributed by atoms with Gasteiger partial charge in [0.05, 0.1) is 0 Å². The van der Waals surface area contributed by atoms with E-state index in [0.29, 0.717) is 11.7 Å². The molecule has 1 heteroatoms. The lowest BCUT2D eigenvalue weighted by molar-refractivity contribution is 0.0905. The summed E-state index contributed by atoms with van der Waals surface area (Å²) in [6.07, 6.45) is 4.19. The molecule has 0 aromatic heterocycles. The van der Waals surface area contributed by atoms with E-state index in [4.69, 9.17) is 0 Å². The molecule has 0 saturated carbocycles. The average molecular weight is 246 g/mol. The van der Waals surface area contributed by atoms with Gasteiger partial charge in [-0.3, -0.25) is 4.79 Å². The first-order valence-electron chi connectivity index (χ1n) is 7.24. The molecule has 0 unspecified atom stereocenters. The minimum absolute atomic E-state index is 0.211. The third-order valence-electron chi connectivity index (χ3n) is 3.48. The summed E-state index contributed by atoms with van der Waals surface area (Å²) in [6.45, 7) is 8.64. The van der Waals surface area contributed by atoms with Crippen molar-refractivity contribution >= 4 is 5.78 Å². The van der Waals surface area contributed by atoms with E-state index in [1.54, 1.807) is 0 Å². The van der Waals surface area contributed by atoms with E-state index in [-0.39, 0.29) is 5.92 Å². The van der Waals surface area contributed by atoms with E-state index in [1.807, 2.05) is 12.1 Å². The molecule has 100 valence electrons. The highest BCUT2D eigenvalue weighted by Crippen LogP contribution is 2.22. The maximum atomic E-state index is 12.5. The number of rotatable bonds is 7. The van der Waals surface area contributed by atoms with Crippen LogP contribution in [-0.4, -0.2) is 5.78 Å². The van der Waals surface area contributed by atoms with Crippen molar-refractivity contribution in [3.63, 3.8) is 0 Å². The Bertz CT molecular complexity index is 373. The van der Waals surface area contributed by atoms with Crippen LogP contribution < -0.4 is 0 Å². The van der Waals surface area contributed by atoms with Crippen molar-refractivity contribution < 1.29 is 4.79 Å². The molecular weight excluding hydrogens is 220 g/mol. The number of benzene rings is 1. The summed E-state index contributed by atoms with van der Waals surface area (Å²) in [6, 6.07) is 8.16. The Kier molecular flexibility index (Phi) is 6.11. The van der Waals surface area contributed by atoms with Gasteiger partial charge in [-0.05, 0) is 30.4 Å². The van der Waals surface area contributed by atoms with Crippen LogP contribution in [0.2, 0.25) is 0 Å². The number of carbonyl (C=O) groups is 1. The van der Waals surface area contributed by atoms with E-state index >= 15 is 0 Å². The van der Waals surface area contributed by atoms with Crippen LogP contribution in [0.4, 0.5) is 0 Å². The van der Waals surface area contributed by atoms with Crippen LogP contribution in [0.3, 0.4) is 0 Å². The molecule has 0 amide bonds. The molecule has 18 heavy (non-hydrogen) atoms. The second kappa shape index (κ2) is 7.35. The monoisotopic (exact) mass is 246 g/mol. The molecule has 0 atom stereocenters. The third kappa shape index (κ3) is 3.97. The van der Waals surface area contributed by atoms with E-state index in [9.17, 15) is 4.79 Å². The zero-order chi connectivity index (χ0) is 13.5. The van der Waals surface area contributed by atoms with Crippen molar-refractivity contribution in [2.24, 2.45) is 5.92 Å². The molecule has 0 aliphatic heterocycles. The fourth-order valence-electron chi connectivity index (χ4n) is 2.39. The molecule has 0 fully saturated rings. The lowest BCUT2D eigenvalue weighted by Crippen LogP contribution is -2.15. The van der Waals surface area contributed by atoms with E-state index in [0.717, 1.165) is 31.2 Å². The first-order chi connectivity index (χ1) is 8.60. The predicted molar refractivity (Wildman–Crippen MR) is 78.2 cm³/mol. The van der Waals surface area contributed by atoms with Crippen molar-refractivity contribution in [2.45, 2.75) is 59.3 Å². The van der Waals surface area contributed by atoms with Gasteiger partial charge in [0, 0.05) is 11.5 Å². The standard InChI is InChI=1S/C17H26O/c1-5-8-14(9-6-2)17(18)16-11-7-10-15(12-16)13(3)4/h7,10-14H,5-6,8-9H2,1-4H3. The second-order valence-electron chi connectivity index (χ2n) is 5.42. The molecule has 0 N–H and O–H groups in total. The van der Waals surface area contributed by atoms with Gasteiger partial charge in [-0.1, -0.05) is 58.7 Å². The fraction of sp³-hybridized carbons (Fsp3) is 0.588. The van der Waals surface area contributed by atoms with Gasteiger partial charge in [0.25, 0.3) is 0 Å². The summed E-state index contributed by atoms with van der Waals surface area (Å²) >= 11 is 0. The smallest absolute Gasteiger partial charge is 0.165 e. The van der Waals surface area contributed by atoms with E-state index < -0.39 is 0 Å². The molecule has 1 aromatic rings. The van der Waals surface area contributed by atoms with Crippen molar-refractivity contribution in [1.29, 1.82) is 0 Å². The maximum absolute atomic E-state index is 12.5.